The molecule has 0 spiro atoms. The number of methoxy groups -OCH3 is 1. The maximum atomic E-state index is 12.8. The molecule has 0 bridgehead atoms. The van der Waals surface area contributed by atoms with Gasteiger partial charge >= 0.3 is 5.97 Å². The number of carboxylic acids is 1. The van der Waals surface area contributed by atoms with Crippen LogP contribution < -0.4 is 0 Å². The Kier molecular flexibility index (Phi) is 2.56. The number of hydrogen-bond acceptors (Lipinski definition) is 2. The monoisotopic (exact) mass is 194 g/mol. The van der Waals surface area contributed by atoms with Crippen LogP contribution in [0.2, 0.25) is 0 Å². The van der Waals surface area contributed by atoms with E-state index in [2.05, 4.69) is 4.74 Å². The van der Waals surface area contributed by atoms with E-state index in [1.54, 1.807) is 0 Å². The predicted octanol–water partition coefficient (Wildman–Crippen LogP) is 1.52. The SMILES string of the molecule is COCC1(C(=O)O)CCC(F)(F)C1. The molecule has 1 rings (SSSR count). The number of hydrogen-bond donors (Lipinski definition) is 1. The highest BCUT2D eigenvalue weighted by molar-refractivity contribution is 5.75. The zero-order valence-electron chi connectivity index (χ0n) is 7.35. The van der Waals surface area contributed by atoms with Crippen molar-refractivity contribution in [2.45, 2.75) is 25.2 Å². The lowest BCUT2D eigenvalue weighted by molar-refractivity contribution is -0.154. The first-order valence-electron chi connectivity index (χ1n) is 4.02. The Hall–Kier alpha value is -0.710. The van der Waals surface area contributed by atoms with Gasteiger partial charge in [0.15, 0.2) is 0 Å². The second-order valence-electron chi connectivity index (χ2n) is 3.55. The van der Waals surface area contributed by atoms with E-state index in [1.807, 2.05) is 0 Å². The third-order valence-electron chi connectivity index (χ3n) is 2.44. The second kappa shape index (κ2) is 3.21. The smallest absolute Gasteiger partial charge is 0.312 e. The van der Waals surface area contributed by atoms with Crippen LogP contribution in [0.1, 0.15) is 19.3 Å². The van der Waals surface area contributed by atoms with Crippen molar-refractivity contribution in [3.8, 4) is 0 Å². The molecule has 0 radical (unpaired) electrons. The molecule has 1 N–H and O–H groups in total. The van der Waals surface area contributed by atoms with Gasteiger partial charge in [-0.15, -0.1) is 0 Å². The van der Waals surface area contributed by atoms with Crippen LogP contribution in [0.15, 0.2) is 0 Å². The van der Waals surface area contributed by atoms with Crippen molar-refractivity contribution in [3.05, 3.63) is 0 Å². The molecule has 1 saturated carbocycles. The molecule has 1 aliphatic rings. The number of alkyl halides is 2. The Morgan fingerprint density at radius 1 is 1.54 bits per heavy atom. The van der Waals surface area contributed by atoms with Gasteiger partial charge in [-0.25, -0.2) is 8.78 Å². The Labute approximate surface area is 74.7 Å². The van der Waals surface area contributed by atoms with E-state index in [0.29, 0.717) is 0 Å². The second-order valence-corrected chi connectivity index (χ2v) is 3.55. The van der Waals surface area contributed by atoms with Gasteiger partial charge in [-0.1, -0.05) is 0 Å². The van der Waals surface area contributed by atoms with E-state index in [1.165, 1.54) is 7.11 Å². The summed E-state index contributed by atoms with van der Waals surface area (Å²) in [5, 5.41) is 8.81. The van der Waals surface area contributed by atoms with Gasteiger partial charge in [0.25, 0.3) is 0 Å². The largest absolute Gasteiger partial charge is 0.481 e. The third kappa shape index (κ3) is 1.96. The zero-order chi connectivity index (χ0) is 10.1. The van der Waals surface area contributed by atoms with E-state index in [0.717, 1.165) is 0 Å². The number of carbonyl (C=O) groups is 1. The summed E-state index contributed by atoms with van der Waals surface area (Å²) in [5.74, 6) is -4.04. The third-order valence-corrected chi connectivity index (χ3v) is 2.44. The quantitative estimate of drug-likeness (QED) is 0.740. The lowest BCUT2D eigenvalue weighted by Gasteiger charge is -2.22. The van der Waals surface area contributed by atoms with Gasteiger partial charge in [0.05, 0.1) is 12.0 Å². The van der Waals surface area contributed by atoms with Crippen molar-refractivity contribution in [1.29, 1.82) is 0 Å². The van der Waals surface area contributed by atoms with Crippen LogP contribution >= 0.6 is 0 Å². The molecule has 1 unspecified atom stereocenters. The minimum atomic E-state index is -2.85. The molecular formula is C8H12F2O3. The molecule has 1 atom stereocenters. The van der Waals surface area contributed by atoms with E-state index in [-0.39, 0.29) is 19.4 Å². The summed E-state index contributed by atoms with van der Waals surface area (Å²) in [6.07, 6.45) is -0.977. The van der Waals surface area contributed by atoms with Crippen LogP contribution in [-0.4, -0.2) is 30.7 Å². The number of aliphatic carboxylic acids is 1. The van der Waals surface area contributed by atoms with Crippen molar-refractivity contribution in [1.82, 2.24) is 0 Å². The molecule has 13 heavy (non-hydrogen) atoms. The number of halogens is 2. The molecule has 0 saturated heterocycles. The van der Waals surface area contributed by atoms with Crippen molar-refractivity contribution in [3.63, 3.8) is 0 Å². The lowest BCUT2D eigenvalue weighted by atomic mass is 9.87. The van der Waals surface area contributed by atoms with E-state index >= 15 is 0 Å². The number of carboxylic acid groups (broad SMARTS) is 1. The minimum Gasteiger partial charge on any atom is -0.481 e. The molecule has 0 aliphatic heterocycles. The number of rotatable bonds is 3. The van der Waals surface area contributed by atoms with E-state index in [9.17, 15) is 13.6 Å². The minimum absolute atomic E-state index is 0.0107. The molecule has 1 fully saturated rings. The first kappa shape index (κ1) is 10.4. The Morgan fingerprint density at radius 2 is 2.15 bits per heavy atom. The predicted molar refractivity (Wildman–Crippen MR) is 40.7 cm³/mol. The fourth-order valence-electron chi connectivity index (χ4n) is 1.74. The first-order chi connectivity index (χ1) is 5.92. The van der Waals surface area contributed by atoms with Crippen molar-refractivity contribution in [2.24, 2.45) is 5.41 Å². The molecule has 3 nitrogen and oxygen atoms in total. The summed E-state index contributed by atoms with van der Waals surface area (Å²) in [5.41, 5.74) is -1.38. The van der Waals surface area contributed by atoms with Crippen LogP contribution in [-0.2, 0) is 9.53 Å². The molecular weight excluding hydrogens is 182 g/mol. The van der Waals surface area contributed by atoms with Gasteiger partial charge < -0.3 is 9.84 Å². The van der Waals surface area contributed by atoms with Crippen LogP contribution in [0.5, 0.6) is 0 Å². The average molecular weight is 194 g/mol. The van der Waals surface area contributed by atoms with Crippen molar-refractivity contribution < 1.29 is 23.4 Å². The fourth-order valence-corrected chi connectivity index (χ4v) is 1.74. The summed E-state index contributed by atoms with van der Waals surface area (Å²) in [7, 11) is 1.32. The highest BCUT2D eigenvalue weighted by atomic mass is 19.3. The summed E-state index contributed by atoms with van der Waals surface area (Å²) in [4.78, 5) is 10.8. The standard InChI is InChI=1S/C8H12F2O3/c1-13-5-7(6(11)12)2-3-8(9,10)4-7/h2-5H2,1H3,(H,11,12). The van der Waals surface area contributed by atoms with Gasteiger partial charge in [-0.3, -0.25) is 4.79 Å². The maximum absolute atomic E-state index is 12.8. The maximum Gasteiger partial charge on any atom is 0.312 e. The van der Waals surface area contributed by atoms with Crippen LogP contribution in [0.25, 0.3) is 0 Å². The summed E-state index contributed by atoms with van der Waals surface area (Å²) in [6, 6.07) is 0. The van der Waals surface area contributed by atoms with Crippen LogP contribution in [0, 0.1) is 5.41 Å². The zero-order valence-corrected chi connectivity index (χ0v) is 7.35. The van der Waals surface area contributed by atoms with E-state index in [4.69, 9.17) is 5.11 Å². The van der Waals surface area contributed by atoms with Crippen LogP contribution in [0.3, 0.4) is 0 Å². The highest BCUT2D eigenvalue weighted by Gasteiger charge is 2.54. The molecule has 0 heterocycles. The van der Waals surface area contributed by atoms with Crippen molar-refractivity contribution in [2.75, 3.05) is 13.7 Å². The van der Waals surface area contributed by atoms with Gasteiger partial charge in [-0.2, -0.15) is 0 Å². The first-order valence-corrected chi connectivity index (χ1v) is 4.02. The fraction of sp³-hybridized carbons (Fsp3) is 0.875. The summed E-state index contributed by atoms with van der Waals surface area (Å²) in [6.45, 7) is -0.141. The highest BCUT2D eigenvalue weighted by Crippen LogP contribution is 2.47. The molecule has 76 valence electrons. The molecule has 0 aromatic carbocycles. The molecule has 1 aliphatic carbocycles. The van der Waals surface area contributed by atoms with Crippen LogP contribution in [0.4, 0.5) is 8.78 Å². The Balaban J connectivity index is 2.77. The van der Waals surface area contributed by atoms with Gasteiger partial charge in [-0.05, 0) is 6.42 Å². The van der Waals surface area contributed by atoms with Gasteiger partial charge in [0, 0.05) is 20.0 Å². The Bertz CT molecular complexity index is 217. The molecule has 5 heteroatoms. The van der Waals surface area contributed by atoms with Gasteiger partial charge in [0.2, 0.25) is 5.92 Å². The van der Waals surface area contributed by atoms with Crippen molar-refractivity contribution >= 4 is 5.97 Å². The summed E-state index contributed by atoms with van der Waals surface area (Å²) < 4.78 is 30.3. The Morgan fingerprint density at radius 3 is 2.46 bits per heavy atom. The summed E-state index contributed by atoms with van der Waals surface area (Å²) >= 11 is 0. The topological polar surface area (TPSA) is 46.5 Å². The normalized spacial score (nSPS) is 31.9. The molecule has 0 amide bonds. The molecule has 0 aromatic rings. The molecule has 0 aromatic heterocycles. The average Bonchev–Trinajstić information content (AvgIpc) is 2.28. The van der Waals surface area contributed by atoms with E-state index < -0.39 is 23.7 Å². The number of ether oxygens (including phenoxy) is 1. The van der Waals surface area contributed by atoms with Gasteiger partial charge in [0.1, 0.15) is 0 Å². The lowest BCUT2D eigenvalue weighted by Crippen LogP contribution is -2.34.